The van der Waals surface area contributed by atoms with Crippen molar-refractivity contribution in [3.05, 3.63) is 29.3 Å². The summed E-state index contributed by atoms with van der Waals surface area (Å²) in [6, 6.07) is 3.66. The van der Waals surface area contributed by atoms with Crippen molar-refractivity contribution in [1.82, 2.24) is 5.32 Å². The highest BCUT2D eigenvalue weighted by Crippen LogP contribution is 2.62. The molecule has 10 heteroatoms. The van der Waals surface area contributed by atoms with Crippen LogP contribution in [-0.4, -0.2) is 58.4 Å². The molecule has 1 amide bonds. The predicted octanol–water partition coefficient (Wildman–Crippen LogP) is 1.61. The first-order valence-corrected chi connectivity index (χ1v) is 10.4. The van der Waals surface area contributed by atoms with E-state index in [9.17, 15) is 14.4 Å². The second-order valence-corrected chi connectivity index (χ2v) is 8.23. The Morgan fingerprint density at radius 1 is 1.12 bits per heavy atom. The van der Waals surface area contributed by atoms with Crippen LogP contribution in [0.5, 0.6) is 11.5 Å². The number of carbonyl (C=O) groups is 3. The predicted molar refractivity (Wildman–Crippen MR) is 109 cm³/mol. The smallest absolute Gasteiger partial charge is 0.416 e. The number of anilines is 1. The number of benzene rings is 1. The fourth-order valence-corrected chi connectivity index (χ4v) is 5.90. The van der Waals surface area contributed by atoms with E-state index < -0.39 is 35.0 Å². The van der Waals surface area contributed by atoms with Crippen LogP contribution in [0.4, 0.5) is 10.5 Å². The van der Waals surface area contributed by atoms with E-state index in [1.54, 1.807) is 6.07 Å². The second-order valence-electron chi connectivity index (χ2n) is 8.23. The number of ether oxygens (including phenoxy) is 5. The minimum atomic E-state index is -1.55. The Bertz CT molecular complexity index is 1050. The Balaban J connectivity index is 1.87. The summed E-state index contributed by atoms with van der Waals surface area (Å²) in [5.74, 6) is -0.636. The molecule has 3 heterocycles. The lowest BCUT2D eigenvalue weighted by molar-refractivity contribution is -0.155. The number of hydrogen-bond donors (Lipinski definition) is 1. The average Bonchev–Trinajstić information content (AvgIpc) is 3.31. The highest BCUT2D eigenvalue weighted by Gasteiger charge is 2.68. The fraction of sp³-hybridized carbons (Fsp3) is 0.500. The molecule has 32 heavy (non-hydrogen) atoms. The first-order chi connectivity index (χ1) is 15.4. The molecule has 3 aliphatic heterocycles. The molecule has 0 radical (unpaired) electrons. The van der Waals surface area contributed by atoms with Crippen LogP contribution < -0.4 is 19.7 Å². The summed E-state index contributed by atoms with van der Waals surface area (Å²) in [4.78, 5) is 40.4. The topological polar surface area (TPSA) is 113 Å². The molecule has 1 aromatic rings. The van der Waals surface area contributed by atoms with Gasteiger partial charge in [0, 0.05) is 16.9 Å². The van der Waals surface area contributed by atoms with Crippen molar-refractivity contribution in [2.75, 3.05) is 39.6 Å². The number of nitrogens with one attached hydrogen (secondary N) is 1. The number of fused-ring (bicyclic) bond motifs is 3. The maximum atomic E-state index is 13.4. The summed E-state index contributed by atoms with van der Waals surface area (Å²) in [6.07, 6.45) is 2.62. The summed E-state index contributed by atoms with van der Waals surface area (Å²) in [5, 5.41) is 3.27. The Labute approximate surface area is 184 Å². The van der Waals surface area contributed by atoms with Crippen LogP contribution in [-0.2, 0) is 29.2 Å². The molecular weight excluding hydrogens is 420 g/mol. The Kier molecular flexibility index (Phi) is 4.59. The average molecular weight is 444 g/mol. The van der Waals surface area contributed by atoms with Crippen molar-refractivity contribution in [2.45, 2.75) is 30.3 Å². The standard InChI is InChI=1S/C22H24N2O8/c1-28-18(25)12-4-7-15-21(10-12)8-9-23-22(15,19(26)29-2)24(20(27)30-3)16-13(21)5-6-14-17(16)32-11-31-14/h5-6,10,15,23H,4,7-9,11H2,1-3H3/t15-,21+,22+/m1/s1. The van der Waals surface area contributed by atoms with Gasteiger partial charge in [-0.25, -0.2) is 19.3 Å². The molecule has 4 aliphatic rings. The highest BCUT2D eigenvalue weighted by molar-refractivity contribution is 6.04. The molecule has 1 saturated heterocycles. The number of hydrogen-bond acceptors (Lipinski definition) is 9. The van der Waals surface area contributed by atoms with Gasteiger partial charge in [0.15, 0.2) is 11.5 Å². The number of piperidine rings is 1. The lowest BCUT2D eigenvalue weighted by Crippen LogP contribution is -2.78. The number of esters is 2. The van der Waals surface area contributed by atoms with Gasteiger partial charge in [-0.05, 0) is 37.4 Å². The largest absolute Gasteiger partial charge is 0.466 e. The SMILES string of the molecule is COC(=O)C1=C[C@]23CCN[C@@](C(=O)OC)([C@@H]2CC1)N(C(=O)OC)c1c3ccc2c1OCO2. The molecule has 170 valence electrons. The molecule has 0 unspecified atom stereocenters. The molecule has 0 aromatic heterocycles. The summed E-state index contributed by atoms with van der Waals surface area (Å²) < 4.78 is 26.7. The van der Waals surface area contributed by atoms with Crippen molar-refractivity contribution in [2.24, 2.45) is 5.92 Å². The van der Waals surface area contributed by atoms with E-state index in [0.29, 0.717) is 48.6 Å². The monoisotopic (exact) mass is 444 g/mol. The fourth-order valence-electron chi connectivity index (χ4n) is 5.90. The van der Waals surface area contributed by atoms with Crippen LogP contribution >= 0.6 is 0 Å². The molecule has 5 rings (SSSR count). The van der Waals surface area contributed by atoms with Crippen LogP contribution in [0.25, 0.3) is 0 Å². The van der Waals surface area contributed by atoms with Crippen molar-refractivity contribution in [3.8, 4) is 11.5 Å². The van der Waals surface area contributed by atoms with Crippen molar-refractivity contribution in [1.29, 1.82) is 0 Å². The Morgan fingerprint density at radius 3 is 2.66 bits per heavy atom. The van der Waals surface area contributed by atoms with E-state index in [-0.39, 0.29) is 6.79 Å². The number of rotatable bonds is 2. The molecule has 10 nitrogen and oxygen atoms in total. The number of carbonyl (C=O) groups excluding carboxylic acids is 3. The van der Waals surface area contributed by atoms with Crippen LogP contribution in [0.1, 0.15) is 24.8 Å². The van der Waals surface area contributed by atoms with Gasteiger partial charge in [0.05, 0.1) is 27.0 Å². The third kappa shape index (κ3) is 2.41. The Hall–Kier alpha value is -3.27. The molecule has 1 N–H and O–H groups in total. The first-order valence-electron chi connectivity index (χ1n) is 10.4. The molecule has 0 spiro atoms. The van der Waals surface area contributed by atoms with E-state index >= 15 is 0 Å². The zero-order valence-electron chi connectivity index (χ0n) is 18.1. The minimum Gasteiger partial charge on any atom is -0.466 e. The van der Waals surface area contributed by atoms with Gasteiger partial charge in [-0.3, -0.25) is 5.32 Å². The van der Waals surface area contributed by atoms with E-state index in [2.05, 4.69) is 5.32 Å². The molecule has 1 fully saturated rings. The second kappa shape index (κ2) is 7.13. The molecule has 0 saturated carbocycles. The highest BCUT2D eigenvalue weighted by atomic mass is 16.7. The molecule has 1 aliphatic carbocycles. The van der Waals surface area contributed by atoms with E-state index in [0.717, 1.165) is 5.56 Å². The van der Waals surface area contributed by atoms with Gasteiger partial charge in [0.1, 0.15) is 0 Å². The molecular formula is C22H24N2O8. The van der Waals surface area contributed by atoms with E-state index in [1.807, 2.05) is 12.1 Å². The maximum Gasteiger partial charge on any atom is 0.416 e. The first kappa shape index (κ1) is 20.6. The number of amides is 1. The van der Waals surface area contributed by atoms with Crippen LogP contribution in [0, 0.1) is 5.92 Å². The van der Waals surface area contributed by atoms with E-state index in [1.165, 1.54) is 26.2 Å². The summed E-state index contributed by atoms with van der Waals surface area (Å²) in [5.41, 5.74) is -0.601. The van der Waals surface area contributed by atoms with Gasteiger partial charge in [-0.15, -0.1) is 0 Å². The van der Waals surface area contributed by atoms with Crippen molar-refractivity contribution in [3.63, 3.8) is 0 Å². The normalized spacial score (nSPS) is 29.3. The zero-order chi connectivity index (χ0) is 22.7. The van der Waals surface area contributed by atoms with Gasteiger partial charge < -0.3 is 23.7 Å². The third-order valence-corrected chi connectivity index (χ3v) is 7.09. The van der Waals surface area contributed by atoms with Crippen LogP contribution in [0.2, 0.25) is 0 Å². The Morgan fingerprint density at radius 2 is 1.94 bits per heavy atom. The van der Waals surface area contributed by atoms with Crippen molar-refractivity contribution < 1.29 is 38.1 Å². The lowest BCUT2D eigenvalue weighted by Gasteiger charge is -2.61. The van der Waals surface area contributed by atoms with Gasteiger partial charge in [-0.2, -0.15) is 0 Å². The van der Waals surface area contributed by atoms with Gasteiger partial charge in [0.25, 0.3) is 0 Å². The number of methoxy groups -OCH3 is 3. The summed E-state index contributed by atoms with van der Waals surface area (Å²) in [7, 11) is 3.89. The quantitative estimate of drug-likeness (QED) is 0.537. The zero-order valence-corrected chi connectivity index (χ0v) is 18.1. The maximum absolute atomic E-state index is 13.4. The minimum absolute atomic E-state index is 0.0148. The lowest BCUT2D eigenvalue weighted by atomic mass is 9.54. The van der Waals surface area contributed by atoms with Crippen LogP contribution in [0.15, 0.2) is 23.8 Å². The van der Waals surface area contributed by atoms with Crippen molar-refractivity contribution >= 4 is 23.7 Å². The third-order valence-electron chi connectivity index (χ3n) is 7.09. The molecule has 3 atom stereocenters. The molecule has 1 aromatic carbocycles. The number of allylic oxidation sites excluding steroid dienone is 1. The van der Waals surface area contributed by atoms with Gasteiger partial charge >= 0.3 is 18.0 Å². The number of nitrogens with zero attached hydrogens (tertiary/aromatic N) is 1. The molecule has 2 bridgehead atoms. The van der Waals surface area contributed by atoms with Gasteiger partial charge in [-0.1, -0.05) is 12.1 Å². The van der Waals surface area contributed by atoms with E-state index in [4.69, 9.17) is 23.7 Å². The summed E-state index contributed by atoms with van der Waals surface area (Å²) in [6.45, 7) is 0.386. The summed E-state index contributed by atoms with van der Waals surface area (Å²) >= 11 is 0. The van der Waals surface area contributed by atoms with Gasteiger partial charge in [0.2, 0.25) is 12.5 Å². The van der Waals surface area contributed by atoms with Crippen LogP contribution in [0.3, 0.4) is 0 Å².